The van der Waals surface area contributed by atoms with Crippen molar-refractivity contribution in [3.05, 3.63) is 0 Å². The van der Waals surface area contributed by atoms with Crippen molar-refractivity contribution in [1.82, 2.24) is 0 Å². The Morgan fingerprint density at radius 2 is 1.94 bits per heavy atom. The van der Waals surface area contributed by atoms with Gasteiger partial charge in [0, 0.05) is 6.92 Å². The summed E-state index contributed by atoms with van der Waals surface area (Å²) in [4.78, 5) is 22.9. The fourth-order valence-corrected chi connectivity index (χ4v) is 2.54. The first kappa shape index (κ1) is 14.0. The Morgan fingerprint density at radius 1 is 1.35 bits per heavy atom. The van der Waals surface area contributed by atoms with Gasteiger partial charge in [-0.2, -0.15) is 0 Å². The van der Waals surface area contributed by atoms with Gasteiger partial charge in [0.25, 0.3) is 0 Å². The van der Waals surface area contributed by atoms with Crippen molar-refractivity contribution in [1.29, 1.82) is 0 Å². The number of esters is 2. The highest BCUT2D eigenvalue weighted by Crippen LogP contribution is 2.48. The Balaban J connectivity index is 2.80. The largest absolute Gasteiger partial charge is 0.466 e. The van der Waals surface area contributed by atoms with Crippen molar-refractivity contribution >= 4 is 11.9 Å². The molecule has 1 aliphatic rings. The van der Waals surface area contributed by atoms with Crippen LogP contribution in [-0.2, 0) is 19.1 Å². The molecule has 0 saturated heterocycles. The number of carbonyl (C=O) groups excluding carboxylic acids is 2. The molecule has 0 aromatic carbocycles. The predicted octanol–water partition coefficient (Wildman–Crippen LogP) is 2.16. The van der Waals surface area contributed by atoms with Crippen molar-refractivity contribution in [2.75, 3.05) is 6.61 Å². The topological polar surface area (TPSA) is 52.6 Å². The van der Waals surface area contributed by atoms with Gasteiger partial charge in [-0.05, 0) is 24.7 Å². The maximum Gasteiger partial charge on any atom is 0.309 e. The van der Waals surface area contributed by atoms with Gasteiger partial charge in [-0.15, -0.1) is 0 Å². The Hall–Kier alpha value is -1.06. The lowest BCUT2D eigenvalue weighted by atomic mass is 9.76. The van der Waals surface area contributed by atoms with Gasteiger partial charge in [-0.25, -0.2) is 0 Å². The summed E-state index contributed by atoms with van der Waals surface area (Å²) >= 11 is 0. The molecule has 0 aliphatic heterocycles. The minimum Gasteiger partial charge on any atom is -0.466 e. The summed E-state index contributed by atoms with van der Waals surface area (Å²) in [7, 11) is 0. The molecule has 98 valence electrons. The first-order valence-corrected chi connectivity index (χ1v) is 6.14. The van der Waals surface area contributed by atoms with E-state index in [4.69, 9.17) is 9.47 Å². The zero-order valence-electron chi connectivity index (χ0n) is 11.3. The predicted molar refractivity (Wildman–Crippen MR) is 63.2 cm³/mol. The standard InChI is InChI=1S/C13H22O4/c1-6-16-12(15)10-7-11(17-9(3)14)8(2)13(10,4)5/h8,10-11H,6-7H2,1-5H3/t8-,10+,11+/m0/s1. The average Bonchev–Trinajstić information content (AvgIpc) is 2.41. The number of carbonyl (C=O) groups is 2. The van der Waals surface area contributed by atoms with E-state index in [1.54, 1.807) is 6.92 Å². The molecule has 0 aromatic rings. The van der Waals surface area contributed by atoms with Crippen molar-refractivity contribution in [3.8, 4) is 0 Å². The van der Waals surface area contributed by atoms with E-state index in [2.05, 4.69) is 0 Å². The Labute approximate surface area is 103 Å². The van der Waals surface area contributed by atoms with Gasteiger partial charge in [0.05, 0.1) is 12.5 Å². The van der Waals surface area contributed by atoms with E-state index in [1.807, 2.05) is 20.8 Å². The number of ether oxygens (including phenoxy) is 2. The molecular formula is C13H22O4. The van der Waals surface area contributed by atoms with Crippen molar-refractivity contribution in [2.24, 2.45) is 17.3 Å². The molecule has 0 spiro atoms. The summed E-state index contributed by atoms with van der Waals surface area (Å²) in [6.45, 7) is 9.67. The van der Waals surface area contributed by atoms with Crippen LogP contribution in [-0.4, -0.2) is 24.6 Å². The summed E-state index contributed by atoms with van der Waals surface area (Å²) < 4.78 is 10.4. The summed E-state index contributed by atoms with van der Waals surface area (Å²) in [5.41, 5.74) is -0.202. The van der Waals surface area contributed by atoms with Gasteiger partial charge in [-0.1, -0.05) is 20.8 Å². The molecule has 0 N–H and O–H groups in total. The minimum atomic E-state index is -0.290. The molecule has 1 rings (SSSR count). The second-order valence-corrected chi connectivity index (χ2v) is 5.30. The van der Waals surface area contributed by atoms with E-state index >= 15 is 0 Å². The van der Waals surface area contributed by atoms with E-state index in [1.165, 1.54) is 6.92 Å². The van der Waals surface area contributed by atoms with Crippen LogP contribution < -0.4 is 0 Å². The normalized spacial score (nSPS) is 31.0. The Morgan fingerprint density at radius 3 is 2.41 bits per heavy atom. The smallest absolute Gasteiger partial charge is 0.309 e. The SMILES string of the molecule is CCOC(=O)[C@H]1C[C@@H](OC(C)=O)[C@H](C)C1(C)C. The third kappa shape index (κ3) is 2.79. The molecule has 3 atom stereocenters. The van der Waals surface area contributed by atoms with Gasteiger partial charge in [0.15, 0.2) is 0 Å². The number of hydrogen-bond donors (Lipinski definition) is 0. The third-order valence-corrected chi connectivity index (χ3v) is 3.99. The van der Waals surface area contributed by atoms with Gasteiger partial charge in [0.1, 0.15) is 6.10 Å². The van der Waals surface area contributed by atoms with Crippen LogP contribution in [0.3, 0.4) is 0 Å². The highest BCUT2D eigenvalue weighted by molar-refractivity contribution is 5.74. The maximum absolute atomic E-state index is 11.9. The molecular weight excluding hydrogens is 220 g/mol. The van der Waals surface area contributed by atoms with Crippen LogP contribution in [0.2, 0.25) is 0 Å². The van der Waals surface area contributed by atoms with Crippen LogP contribution in [0, 0.1) is 17.3 Å². The zero-order valence-corrected chi connectivity index (χ0v) is 11.3. The van der Waals surface area contributed by atoms with Crippen molar-refractivity contribution in [2.45, 2.75) is 47.1 Å². The van der Waals surface area contributed by atoms with Crippen molar-refractivity contribution in [3.63, 3.8) is 0 Å². The summed E-state index contributed by atoms with van der Waals surface area (Å²) in [5, 5.41) is 0. The van der Waals surface area contributed by atoms with Crippen LogP contribution in [0.25, 0.3) is 0 Å². The Bertz CT molecular complexity index is 309. The maximum atomic E-state index is 11.9. The fraction of sp³-hybridized carbons (Fsp3) is 0.846. The van der Waals surface area contributed by atoms with E-state index in [-0.39, 0.29) is 35.3 Å². The van der Waals surface area contributed by atoms with E-state index < -0.39 is 0 Å². The molecule has 4 heteroatoms. The number of hydrogen-bond acceptors (Lipinski definition) is 4. The summed E-state index contributed by atoms with van der Waals surface area (Å²) in [6.07, 6.45) is 0.379. The lowest BCUT2D eigenvalue weighted by Gasteiger charge is -2.30. The monoisotopic (exact) mass is 242 g/mol. The van der Waals surface area contributed by atoms with E-state index in [0.717, 1.165) is 0 Å². The number of rotatable bonds is 3. The molecule has 1 fully saturated rings. The van der Waals surface area contributed by atoms with Gasteiger partial charge in [-0.3, -0.25) is 9.59 Å². The molecule has 0 amide bonds. The highest BCUT2D eigenvalue weighted by Gasteiger charge is 2.51. The highest BCUT2D eigenvalue weighted by atomic mass is 16.5. The molecule has 1 saturated carbocycles. The van der Waals surface area contributed by atoms with Crippen LogP contribution in [0.1, 0.15) is 41.0 Å². The van der Waals surface area contributed by atoms with Crippen LogP contribution in [0.5, 0.6) is 0 Å². The van der Waals surface area contributed by atoms with Crippen molar-refractivity contribution < 1.29 is 19.1 Å². The molecule has 0 radical (unpaired) electrons. The first-order valence-electron chi connectivity index (χ1n) is 6.14. The average molecular weight is 242 g/mol. The van der Waals surface area contributed by atoms with Gasteiger partial charge in [0.2, 0.25) is 0 Å². The first-order chi connectivity index (χ1) is 7.80. The second kappa shape index (κ2) is 5.07. The quantitative estimate of drug-likeness (QED) is 0.712. The molecule has 0 aromatic heterocycles. The lowest BCUT2D eigenvalue weighted by Crippen LogP contribution is -2.32. The van der Waals surface area contributed by atoms with Crippen LogP contribution in [0.4, 0.5) is 0 Å². The lowest BCUT2D eigenvalue weighted by molar-refractivity contribution is -0.152. The second-order valence-electron chi connectivity index (χ2n) is 5.30. The van der Waals surface area contributed by atoms with Gasteiger partial charge < -0.3 is 9.47 Å². The molecule has 17 heavy (non-hydrogen) atoms. The molecule has 0 unspecified atom stereocenters. The van der Waals surface area contributed by atoms with Crippen LogP contribution in [0.15, 0.2) is 0 Å². The molecule has 0 bridgehead atoms. The van der Waals surface area contributed by atoms with Gasteiger partial charge >= 0.3 is 11.9 Å². The fourth-order valence-electron chi connectivity index (χ4n) is 2.54. The summed E-state index contributed by atoms with van der Waals surface area (Å²) in [5.74, 6) is -0.510. The zero-order chi connectivity index (χ0) is 13.2. The Kier molecular flexibility index (Phi) is 4.17. The minimum absolute atomic E-state index is 0.154. The van der Waals surface area contributed by atoms with E-state index in [9.17, 15) is 9.59 Å². The van der Waals surface area contributed by atoms with E-state index in [0.29, 0.717) is 13.0 Å². The molecule has 0 heterocycles. The summed E-state index contributed by atoms with van der Waals surface area (Å²) in [6, 6.07) is 0. The third-order valence-electron chi connectivity index (χ3n) is 3.99. The molecule has 4 nitrogen and oxygen atoms in total. The molecule has 1 aliphatic carbocycles. The van der Waals surface area contributed by atoms with Crippen LogP contribution >= 0.6 is 0 Å².